The third-order valence-corrected chi connectivity index (χ3v) is 5.24. The molecule has 2 atom stereocenters. The van der Waals surface area contributed by atoms with Crippen LogP contribution in [0.5, 0.6) is 0 Å². The fraction of sp³-hybridized carbons (Fsp3) is 0.565. The Morgan fingerprint density at radius 3 is 2.64 bits per heavy atom. The van der Waals surface area contributed by atoms with E-state index < -0.39 is 12.1 Å². The van der Waals surface area contributed by atoms with E-state index in [2.05, 4.69) is 0 Å². The van der Waals surface area contributed by atoms with Gasteiger partial charge in [-0.15, -0.1) is 0 Å². The van der Waals surface area contributed by atoms with Crippen molar-refractivity contribution in [2.24, 2.45) is 0 Å². The molecule has 5 nitrogen and oxygen atoms in total. The Morgan fingerprint density at radius 1 is 1.14 bits per heavy atom. The molecule has 154 valence electrons. The Bertz CT molecular complexity index is 629. The molecule has 0 radical (unpaired) electrons. The summed E-state index contributed by atoms with van der Waals surface area (Å²) in [5.41, 5.74) is 1.09. The molecule has 5 heteroatoms. The van der Waals surface area contributed by atoms with E-state index in [1.54, 1.807) is 0 Å². The van der Waals surface area contributed by atoms with Gasteiger partial charge < -0.3 is 15.1 Å². The van der Waals surface area contributed by atoms with Crippen molar-refractivity contribution in [1.29, 1.82) is 0 Å². The van der Waals surface area contributed by atoms with E-state index in [1.807, 2.05) is 47.4 Å². The van der Waals surface area contributed by atoms with Crippen LogP contribution < -0.4 is 0 Å². The SMILES string of the molecule is O=C(O)CCCCCCN1C(=O)CCCCC1C=CC(O)Cc1ccccc1. The molecule has 0 saturated carbocycles. The van der Waals surface area contributed by atoms with Crippen molar-refractivity contribution < 1.29 is 19.8 Å². The second-order valence-electron chi connectivity index (χ2n) is 7.60. The monoisotopic (exact) mass is 387 g/mol. The van der Waals surface area contributed by atoms with Crippen LogP contribution in [-0.2, 0) is 16.0 Å². The van der Waals surface area contributed by atoms with E-state index >= 15 is 0 Å². The van der Waals surface area contributed by atoms with Crippen LogP contribution in [0.1, 0.15) is 63.4 Å². The van der Waals surface area contributed by atoms with Gasteiger partial charge in [0.05, 0.1) is 12.1 Å². The molecule has 2 rings (SSSR count). The first-order chi connectivity index (χ1) is 13.6. The van der Waals surface area contributed by atoms with E-state index in [-0.39, 0.29) is 18.4 Å². The fourth-order valence-electron chi connectivity index (χ4n) is 3.70. The molecule has 0 aliphatic carbocycles. The minimum absolute atomic E-state index is 0.0412. The molecule has 28 heavy (non-hydrogen) atoms. The Morgan fingerprint density at radius 2 is 1.89 bits per heavy atom. The minimum Gasteiger partial charge on any atom is -0.481 e. The predicted octanol–water partition coefficient (Wildman–Crippen LogP) is 3.95. The molecular formula is C23H33NO4. The topological polar surface area (TPSA) is 77.8 Å². The summed E-state index contributed by atoms with van der Waals surface area (Å²) in [5.74, 6) is -0.558. The number of aliphatic carboxylic acids is 1. The number of aliphatic hydroxyl groups is 1. The van der Waals surface area contributed by atoms with Gasteiger partial charge in [-0.2, -0.15) is 0 Å². The highest BCUT2D eigenvalue weighted by molar-refractivity contribution is 5.77. The highest BCUT2D eigenvalue weighted by Gasteiger charge is 2.24. The quantitative estimate of drug-likeness (QED) is 0.445. The Hall–Kier alpha value is -2.14. The zero-order valence-corrected chi connectivity index (χ0v) is 16.6. The first-order valence-electron chi connectivity index (χ1n) is 10.5. The summed E-state index contributed by atoms with van der Waals surface area (Å²) in [6, 6.07) is 9.94. The number of carbonyl (C=O) groups is 2. The number of nitrogens with zero attached hydrogens (tertiary/aromatic N) is 1. The van der Waals surface area contributed by atoms with E-state index in [0.29, 0.717) is 25.8 Å². The Balaban J connectivity index is 1.85. The van der Waals surface area contributed by atoms with Crippen molar-refractivity contribution in [3.05, 3.63) is 48.0 Å². The number of carboxylic acids is 1. The number of rotatable bonds is 11. The Kier molecular flexibility index (Phi) is 9.77. The van der Waals surface area contributed by atoms with Gasteiger partial charge in [-0.3, -0.25) is 9.59 Å². The molecule has 1 aliphatic rings. The summed E-state index contributed by atoms with van der Waals surface area (Å²) < 4.78 is 0. The minimum atomic E-state index is -0.748. The summed E-state index contributed by atoms with van der Waals surface area (Å²) in [4.78, 5) is 25.0. The summed E-state index contributed by atoms with van der Waals surface area (Å²) in [7, 11) is 0. The van der Waals surface area contributed by atoms with Gasteiger partial charge in [-0.25, -0.2) is 0 Å². The molecule has 1 amide bonds. The third kappa shape index (κ3) is 8.26. The second kappa shape index (κ2) is 12.3. The Labute approximate surface area is 168 Å². The molecule has 1 heterocycles. The maximum absolute atomic E-state index is 12.5. The lowest BCUT2D eigenvalue weighted by molar-refractivity contribution is -0.137. The molecule has 1 aliphatic heterocycles. The molecule has 0 bridgehead atoms. The highest BCUT2D eigenvalue weighted by Crippen LogP contribution is 2.20. The molecule has 0 aromatic heterocycles. The van der Waals surface area contributed by atoms with E-state index in [4.69, 9.17) is 5.11 Å². The molecule has 1 fully saturated rings. The van der Waals surface area contributed by atoms with Gasteiger partial charge in [-0.05, 0) is 31.2 Å². The van der Waals surface area contributed by atoms with Crippen LogP contribution in [0.2, 0.25) is 0 Å². The van der Waals surface area contributed by atoms with Crippen LogP contribution in [-0.4, -0.2) is 45.7 Å². The normalized spacial score (nSPS) is 19.0. The first kappa shape index (κ1) is 22.2. The maximum atomic E-state index is 12.5. The smallest absolute Gasteiger partial charge is 0.303 e. The lowest BCUT2D eigenvalue weighted by Gasteiger charge is -2.28. The van der Waals surface area contributed by atoms with Gasteiger partial charge in [0.2, 0.25) is 5.91 Å². The number of amides is 1. The van der Waals surface area contributed by atoms with Crippen molar-refractivity contribution in [2.45, 2.75) is 76.4 Å². The van der Waals surface area contributed by atoms with Crippen molar-refractivity contribution >= 4 is 11.9 Å². The first-order valence-corrected chi connectivity index (χ1v) is 10.5. The van der Waals surface area contributed by atoms with Crippen LogP contribution in [0.25, 0.3) is 0 Å². The zero-order valence-electron chi connectivity index (χ0n) is 16.6. The average molecular weight is 388 g/mol. The fourth-order valence-corrected chi connectivity index (χ4v) is 3.70. The number of carboxylic acid groups (broad SMARTS) is 1. The van der Waals surface area contributed by atoms with Gasteiger partial charge in [0.1, 0.15) is 0 Å². The number of aliphatic hydroxyl groups excluding tert-OH is 1. The highest BCUT2D eigenvalue weighted by atomic mass is 16.4. The van der Waals surface area contributed by atoms with Crippen molar-refractivity contribution in [2.75, 3.05) is 6.54 Å². The number of hydrogen-bond donors (Lipinski definition) is 2. The number of unbranched alkanes of at least 4 members (excludes halogenated alkanes) is 3. The molecule has 0 spiro atoms. The van der Waals surface area contributed by atoms with E-state index in [1.165, 1.54) is 0 Å². The van der Waals surface area contributed by atoms with Gasteiger partial charge >= 0.3 is 5.97 Å². The van der Waals surface area contributed by atoms with Crippen LogP contribution in [0, 0.1) is 0 Å². The molecule has 1 aromatic rings. The average Bonchev–Trinajstić information content (AvgIpc) is 2.85. The van der Waals surface area contributed by atoms with Crippen LogP contribution in [0.15, 0.2) is 42.5 Å². The lowest BCUT2D eigenvalue weighted by atomic mass is 10.0. The number of hydrogen-bond acceptors (Lipinski definition) is 3. The number of likely N-dealkylation sites (tertiary alicyclic amines) is 1. The summed E-state index contributed by atoms with van der Waals surface area (Å²) >= 11 is 0. The molecule has 1 aromatic carbocycles. The van der Waals surface area contributed by atoms with Crippen molar-refractivity contribution in [3.8, 4) is 0 Å². The molecule has 2 N–H and O–H groups in total. The van der Waals surface area contributed by atoms with Crippen molar-refractivity contribution in [1.82, 2.24) is 4.90 Å². The largest absolute Gasteiger partial charge is 0.481 e. The van der Waals surface area contributed by atoms with Gasteiger partial charge in [0.15, 0.2) is 0 Å². The lowest BCUT2D eigenvalue weighted by Crippen LogP contribution is -2.38. The molecule has 2 unspecified atom stereocenters. The molecular weight excluding hydrogens is 354 g/mol. The predicted molar refractivity (Wildman–Crippen MR) is 110 cm³/mol. The van der Waals surface area contributed by atoms with Crippen LogP contribution in [0.3, 0.4) is 0 Å². The van der Waals surface area contributed by atoms with Gasteiger partial charge in [-0.1, -0.05) is 61.7 Å². The summed E-state index contributed by atoms with van der Waals surface area (Å²) in [6.45, 7) is 0.704. The van der Waals surface area contributed by atoms with Crippen molar-refractivity contribution in [3.63, 3.8) is 0 Å². The number of benzene rings is 1. The summed E-state index contributed by atoms with van der Waals surface area (Å²) in [5, 5.41) is 19.0. The molecule has 1 saturated heterocycles. The van der Waals surface area contributed by atoms with E-state index in [9.17, 15) is 14.7 Å². The second-order valence-corrected chi connectivity index (χ2v) is 7.60. The van der Waals surface area contributed by atoms with Gasteiger partial charge in [0.25, 0.3) is 0 Å². The zero-order chi connectivity index (χ0) is 20.2. The van der Waals surface area contributed by atoms with Crippen LogP contribution >= 0.6 is 0 Å². The van der Waals surface area contributed by atoms with E-state index in [0.717, 1.165) is 44.1 Å². The summed E-state index contributed by atoms with van der Waals surface area (Å²) in [6.07, 6.45) is 10.9. The standard InChI is InChI=1S/C23H33NO4/c25-21(18-19-10-4-3-5-11-19)16-15-20-12-7-8-13-22(26)24(20)17-9-2-1-6-14-23(27)28/h3-5,10-11,15-16,20-21,25H,1-2,6-9,12-14,17-18H2,(H,27,28). The maximum Gasteiger partial charge on any atom is 0.303 e. The van der Waals surface area contributed by atoms with Gasteiger partial charge in [0, 0.05) is 25.8 Å². The third-order valence-electron chi connectivity index (χ3n) is 5.24. The number of carbonyl (C=O) groups excluding carboxylic acids is 1. The van der Waals surface area contributed by atoms with Crippen LogP contribution in [0.4, 0.5) is 0 Å².